The molecule has 1 saturated heterocycles. The van der Waals surface area contributed by atoms with Gasteiger partial charge in [0.2, 0.25) is 5.65 Å². The smallest absolute Gasteiger partial charge is 0.203 e. The fraction of sp³-hybridized carbons (Fsp3) is 0.267. The number of hydrogen-bond acceptors (Lipinski definition) is 8. The van der Waals surface area contributed by atoms with E-state index in [9.17, 15) is 0 Å². The zero-order valence-electron chi connectivity index (χ0n) is 12.8. The topological polar surface area (TPSA) is 75.3 Å². The van der Waals surface area contributed by atoms with Crippen LogP contribution in [-0.4, -0.2) is 55.7 Å². The van der Waals surface area contributed by atoms with E-state index >= 15 is 0 Å². The van der Waals surface area contributed by atoms with Crippen molar-refractivity contribution in [3.8, 4) is 0 Å². The second-order valence-electron chi connectivity index (χ2n) is 5.62. The molecule has 120 valence electrons. The predicted molar refractivity (Wildman–Crippen MR) is 92.6 cm³/mol. The molecule has 0 N–H and O–H groups in total. The molecule has 5 heterocycles. The van der Waals surface area contributed by atoms with Crippen LogP contribution in [0.2, 0.25) is 0 Å². The summed E-state index contributed by atoms with van der Waals surface area (Å²) in [7, 11) is 0. The van der Waals surface area contributed by atoms with Gasteiger partial charge in [-0.1, -0.05) is 0 Å². The minimum absolute atomic E-state index is 0.799. The van der Waals surface area contributed by atoms with Crippen LogP contribution in [0.1, 0.15) is 0 Å². The first-order valence-electron chi connectivity index (χ1n) is 7.72. The number of nitrogens with zero attached hydrogens (tertiary/aromatic N) is 8. The molecule has 5 rings (SSSR count). The number of thiophene rings is 1. The standard InChI is InChI=1S/C15H14N8S/c1-8-24-15-11(1)12(17-9-18-15)21-4-6-22(7-5-21)13-14-20-19-10-23(14)3-2-16-13/h1-3,8-10H,4-7H2. The molecule has 0 aromatic carbocycles. The van der Waals surface area contributed by atoms with Crippen molar-refractivity contribution < 1.29 is 0 Å². The number of hydrogen-bond donors (Lipinski definition) is 0. The molecule has 0 spiro atoms. The highest BCUT2D eigenvalue weighted by Crippen LogP contribution is 2.28. The van der Waals surface area contributed by atoms with E-state index in [0.29, 0.717) is 0 Å². The molecule has 1 aliphatic rings. The first-order chi connectivity index (χ1) is 11.9. The van der Waals surface area contributed by atoms with E-state index in [1.54, 1.807) is 30.2 Å². The Hall–Kier alpha value is -2.81. The van der Waals surface area contributed by atoms with Gasteiger partial charge in [0.25, 0.3) is 0 Å². The fourth-order valence-electron chi connectivity index (χ4n) is 3.13. The van der Waals surface area contributed by atoms with E-state index in [1.165, 1.54) is 0 Å². The summed E-state index contributed by atoms with van der Waals surface area (Å²) in [4.78, 5) is 18.9. The quantitative estimate of drug-likeness (QED) is 0.547. The fourth-order valence-corrected chi connectivity index (χ4v) is 3.85. The Morgan fingerprint density at radius 2 is 1.79 bits per heavy atom. The monoisotopic (exact) mass is 338 g/mol. The van der Waals surface area contributed by atoms with Crippen molar-refractivity contribution in [2.45, 2.75) is 0 Å². The van der Waals surface area contributed by atoms with Gasteiger partial charge in [-0.3, -0.25) is 4.40 Å². The maximum Gasteiger partial charge on any atom is 0.203 e. The molecule has 0 amide bonds. The van der Waals surface area contributed by atoms with Crippen molar-refractivity contribution in [3.05, 3.63) is 36.5 Å². The third-order valence-electron chi connectivity index (χ3n) is 4.32. The molecule has 4 aromatic heterocycles. The van der Waals surface area contributed by atoms with E-state index < -0.39 is 0 Å². The van der Waals surface area contributed by atoms with E-state index in [4.69, 9.17) is 0 Å². The number of piperazine rings is 1. The van der Waals surface area contributed by atoms with Gasteiger partial charge in [0, 0.05) is 38.6 Å². The lowest BCUT2D eigenvalue weighted by Crippen LogP contribution is -2.47. The third-order valence-corrected chi connectivity index (χ3v) is 5.14. The highest BCUT2D eigenvalue weighted by Gasteiger charge is 2.23. The molecule has 9 heteroatoms. The molecule has 0 radical (unpaired) electrons. The SMILES string of the molecule is c1cn2cnnc2c(N2CCN(c3ncnc4sccc34)CC2)n1. The van der Waals surface area contributed by atoms with Crippen molar-refractivity contribution in [2.24, 2.45) is 0 Å². The third kappa shape index (κ3) is 2.08. The molecule has 0 unspecified atom stereocenters. The molecule has 0 saturated carbocycles. The van der Waals surface area contributed by atoms with Gasteiger partial charge in [-0.2, -0.15) is 0 Å². The first-order valence-corrected chi connectivity index (χ1v) is 8.60. The second kappa shape index (κ2) is 5.38. The van der Waals surface area contributed by atoms with Crippen molar-refractivity contribution in [1.29, 1.82) is 0 Å². The van der Waals surface area contributed by atoms with Crippen LogP contribution in [0.15, 0.2) is 36.5 Å². The highest BCUT2D eigenvalue weighted by atomic mass is 32.1. The van der Waals surface area contributed by atoms with Crippen LogP contribution >= 0.6 is 11.3 Å². The Labute approximate surface area is 141 Å². The summed E-state index contributed by atoms with van der Waals surface area (Å²) in [6.45, 7) is 3.52. The molecular weight excluding hydrogens is 324 g/mol. The Balaban J connectivity index is 1.41. The number of anilines is 2. The maximum absolute atomic E-state index is 4.50. The minimum atomic E-state index is 0.799. The summed E-state index contributed by atoms with van der Waals surface area (Å²) in [6, 6.07) is 2.10. The zero-order chi connectivity index (χ0) is 15.9. The van der Waals surface area contributed by atoms with Crippen LogP contribution in [0.5, 0.6) is 0 Å². The largest absolute Gasteiger partial charge is 0.352 e. The normalized spacial score (nSPS) is 15.5. The van der Waals surface area contributed by atoms with Crippen molar-refractivity contribution in [3.63, 3.8) is 0 Å². The summed E-state index contributed by atoms with van der Waals surface area (Å²) < 4.78 is 1.90. The van der Waals surface area contributed by atoms with E-state index in [2.05, 4.69) is 46.4 Å². The molecule has 4 aromatic rings. The zero-order valence-corrected chi connectivity index (χ0v) is 13.6. The van der Waals surface area contributed by atoms with Crippen LogP contribution in [-0.2, 0) is 0 Å². The van der Waals surface area contributed by atoms with Gasteiger partial charge in [-0.05, 0) is 11.4 Å². The van der Waals surface area contributed by atoms with E-state index in [0.717, 1.165) is 53.7 Å². The first kappa shape index (κ1) is 13.6. The second-order valence-corrected chi connectivity index (χ2v) is 6.52. The Kier molecular flexibility index (Phi) is 3.05. The summed E-state index contributed by atoms with van der Waals surface area (Å²) in [5, 5.41) is 11.3. The molecule has 1 fully saturated rings. The molecule has 0 bridgehead atoms. The van der Waals surface area contributed by atoms with Crippen molar-refractivity contribution in [2.75, 3.05) is 36.0 Å². The summed E-state index contributed by atoms with van der Waals surface area (Å²) in [5.41, 5.74) is 0.799. The van der Waals surface area contributed by atoms with Gasteiger partial charge in [0.1, 0.15) is 23.3 Å². The minimum Gasteiger partial charge on any atom is -0.352 e. The Bertz CT molecular complexity index is 919. The lowest BCUT2D eigenvalue weighted by Gasteiger charge is -2.36. The van der Waals surface area contributed by atoms with Crippen LogP contribution in [0.3, 0.4) is 0 Å². The molecule has 1 aliphatic heterocycles. The molecule has 0 atom stereocenters. The van der Waals surface area contributed by atoms with Crippen molar-refractivity contribution in [1.82, 2.24) is 29.5 Å². The van der Waals surface area contributed by atoms with Gasteiger partial charge in [-0.15, -0.1) is 21.5 Å². The van der Waals surface area contributed by atoms with Gasteiger partial charge in [0.15, 0.2) is 5.82 Å². The van der Waals surface area contributed by atoms with Gasteiger partial charge in [-0.25, -0.2) is 15.0 Å². The van der Waals surface area contributed by atoms with Crippen LogP contribution in [0, 0.1) is 0 Å². The Morgan fingerprint density at radius 1 is 0.958 bits per heavy atom. The van der Waals surface area contributed by atoms with Gasteiger partial charge >= 0.3 is 0 Å². The van der Waals surface area contributed by atoms with E-state index in [-0.39, 0.29) is 0 Å². The molecule has 8 nitrogen and oxygen atoms in total. The van der Waals surface area contributed by atoms with Crippen LogP contribution in [0.4, 0.5) is 11.6 Å². The average molecular weight is 338 g/mol. The average Bonchev–Trinajstić information content (AvgIpc) is 3.30. The summed E-state index contributed by atoms with van der Waals surface area (Å²) >= 11 is 1.65. The summed E-state index contributed by atoms with van der Waals surface area (Å²) in [5.74, 6) is 1.91. The molecular formula is C15H14N8S. The summed E-state index contributed by atoms with van der Waals surface area (Å²) in [6.07, 6.45) is 7.00. The van der Waals surface area contributed by atoms with E-state index in [1.807, 2.05) is 10.6 Å². The van der Waals surface area contributed by atoms with Crippen molar-refractivity contribution >= 4 is 38.8 Å². The van der Waals surface area contributed by atoms with Gasteiger partial charge in [0.05, 0.1) is 5.39 Å². The lowest BCUT2D eigenvalue weighted by atomic mass is 10.2. The predicted octanol–water partition coefficient (Wildman–Crippen LogP) is 1.46. The van der Waals surface area contributed by atoms with Crippen LogP contribution < -0.4 is 9.80 Å². The molecule has 0 aliphatic carbocycles. The Morgan fingerprint density at radius 3 is 2.67 bits per heavy atom. The van der Waals surface area contributed by atoms with Gasteiger partial charge < -0.3 is 9.80 Å². The number of aromatic nitrogens is 6. The maximum atomic E-state index is 4.50. The number of fused-ring (bicyclic) bond motifs is 2. The molecule has 24 heavy (non-hydrogen) atoms. The van der Waals surface area contributed by atoms with Crippen LogP contribution in [0.25, 0.3) is 15.9 Å². The lowest BCUT2D eigenvalue weighted by molar-refractivity contribution is 0.643. The number of rotatable bonds is 2. The highest BCUT2D eigenvalue weighted by molar-refractivity contribution is 7.16.